The Bertz CT molecular complexity index is 1090. The van der Waals surface area contributed by atoms with Crippen molar-refractivity contribution in [3.8, 4) is 11.5 Å². The van der Waals surface area contributed by atoms with E-state index in [9.17, 15) is 9.59 Å². The van der Waals surface area contributed by atoms with Gasteiger partial charge in [0.25, 0.3) is 5.91 Å². The number of methoxy groups -OCH3 is 2. The van der Waals surface area contributed by atoms with Crippen LogP contribution in [-0.2, 0) is 4.79 Å². The number of anilines is 1. The highest BCUT2D eigenvalue weighted by Gasteiger charge is 2.29. The van der Waals surface area contributed by atoms with Crippen molar-refractivity contribution in [2.75, 3.05) is 45.7 Å². The standard InChI is InChI=1S/C24H28N4O4/c1-16(23(29)26-20-15-18(31-2)8-9-22(20)32-3)27-10-12-28(13-11-27)24(30)21-14-17-6-4-5-7-19(17)25-21/h4-9,14-16,25H,10-13H2,1-3H3,(H,26,29). The molecule has 2 aromatic carbocycles. The van der Waals surface area contributed by atoms with Crippen LogP contribution in [0.5, 0.6) is 11.5 Å². The van der Waals surface area contributed by atoms with Gasteiger partial charge in [0.15, 0.2) is 0 Å². The highest BCUT2D eigenvalue weighted by molar-refractivity contribution is 5.98. The van der Waals surface area contributed by atoms with Gasteiger partial charge in [-0.25, -0.2) is 0 Å². The molecule has 1 unspecified atom stereocenters. The average molecular weight is 437 g/mol. The van der Waals surface area contributed by atoms with Crippen LogP contribution in [0.15, 0.2) is 48.5 Å². The number of rotatable bonds is 6. The molecular formula is C24H28N4O4. The van der Waals surface area contributed by atoms with Gasteiger partial charge in [-0.15, -0.1) is 0 Å². The normalized spacial score (nSPS) is 15.4. The third-order valence-electron chi connectivity index (χ3n) is 5.95. The van der Waals surface area contributed by atoms with Gasteiger partial charge < -0.3 is 24.7 Å². The number of para-hydroxylation sites is 1. The molecule has 0 radical (unpaired) electrons. The van der Waals surface area contributed by atoms with Crippen LogP contribution < -0.4 is 14.8 Å². The lowest BCUT2D eigenvalue weighted by Gasteiger charge is -2.37. The van der Waals surface area contributed by atoms with E-state index in [0.717, 1.165) is 10.9 Å². The van der Waals surface area contributed by atoms with Gasteiger partial charge in [0.1, 0.15) is 17.2 Å². The van der Waals surface area contributed by atoms with Crippen molar-refractivity contribution < 1.29 is 19.1 Å². The highest BCUT2D eigenvalue weighted by Crippen LogP contribution is 2.29. The Hall–Kier alpha value is -3.52. The first-order valence-corrected chi connectivity index (χ1v) is 10.6. The van der Waals surface area contributed by atoms with E-state index >= 15 is 0 Å². The molecule has 168 valence electrons. The van der Waals surface area contributed by atoms with Gasteiger partial charge in [-0.05, 0) is 31.2 Å². The number of benzene rings is 2. The highest BCUT2D eigenvalue weighted by atomic mass is 16.5. The number of nitrogens with zero attached hydrogens (tertiary/aromatic N) is 2. The number of hydrogen-bond acceptors (Lipinski definition) is 5. The molecule has 8 heteroatoms. The molecule has 1 aromatic heterocycles. The number of carbonyl (C=O) groups excluding carboxylic acids is 2. The Kier molecular flexibility index (Phi) is 6.32. The summed E-state index contributed by atoms with van der Waals surface area (Å²) in [7, 11) is 3.14. The number of hydrogen-bond donors (Lipinski definition) is 2. The topological polar surface area (TPSA) is 86.9 Å². The van der Waals surface area contributed by atoms with Gasteiger partial charge in [0, 0.05) is 43.1 Å². The molecular weight excluding hydrogens is 408 g/mol. The number of amides is 2. The maximum Gasteiger partial charge on any atom is 0.270 e. The lowest BCUT2D eigenvalue weighted by Crippen LogP contribution is -2.54. The molecule has 1 saturated heterocycles. The molecule has 0 bridgehead atoms. The molecule has 2 heterocycles. The fourth-order valence-corrected chi connectivity index (χ4v) is 3.99. The van der Waals surface area contributed by atoms with Crippen LogP contribution in [-0.4, -0.2) is 73.0 Å². The summed E-state index contributed by atoms with van der Waals surface area (Å²) >= 11 is 0. The minimum Gasteiger partial charge on any atom is -0.497 e. The van der Waals surface area contributed by atoms with Crippen LogP contribution in [0.2, 0.25) is 0 Å². The predicted molar refractivity (Wildman–Crippen MR) is 123 cm³/mol. The molecule has 1 aliphatic heterocycles. The number of piperazine rings is 1. The summed E-state index contributed by atoms with van der Waals surface area (Å²) in [4.78, 5) is 32.9. The number of ether oxygens (including phenoxy) is 2. The maximum absolute atomic E-state index is 12.9. The zero-order valence-electron chi connectivity index (χ0n) is 18.6. The average Bonchev–Trinajstić information content (AvgIpc) is 3.27. The monoisotopic (exact) mass is 436 g/mol. The SMILES string of the molecule is COc1ccc(OC)c(NC(=O)C(C)N2CCN(C(=O)c3cc4ccccc4[nH]3)CC2)c1. The summed E-state index contributed by atoms with van der Waals surface area (Å²) < 4.78 is 10.6. The second-order valence-corrected chi connectivity index (χ2v) is 7.83. The molecule has 0 spiro atoms. The van der Waals surface area contributed by atoms with E-state index in [0.29, 0.717) is 49.1 Å². The molecule has 3 aromatic rings. The second-order valence-electron chi connectivity index (χ2n) is 7.83. The predicted octanol–water partition coefficient (Wildman–Crippen LogP) is 2.97. The molecule has 2 N–H and O–H groups in total. The Morgan fingerprint density at radius 2 is 1.75 bits per heavy atom. The van der Waals surface area contributed by atoms with Crippen LogP contribution in [0.3, 0.4) is 0 Å². The molecule has 1 fully saturated rings. The van der Waals surface area contributed by atoms with Crippen LogP contribution in [0.25, 0.3) is 10.9 Å². The first-order valence-electron chi connectivity index (χ1n) is 10.6. The van der Waals surface area contributed by atoms with Gasteiger partial charge in [0.2, 0.25) is 5.91 Å². The van der Waals surface area contributed by atoms with Gasteiger partial charge in [-0.2, -0.15) is 0 Å². The first kappa shape index (κ1) is 21.7. The molecule has 32 heavy (non-hydrogen) atoms. The molecule has 8 nitrogen and oxygen atoms in total. The van der Waals surface area contributed by atoms with Crippen molar-refractivity contribution in [3.05, 3.63) is 54.2 Å². The van der Waals surface area contributed by atoms with E-state index in [2.05, 4.69) is 15.2 Å². The molecule has 1 atom stereocenters. The Labute approximate surface area is 187 Å². The number of H-pyrrole nitrogens is 1. The Morgan fingerprint density at radius 3 is 2.44 bits per heavy atom. The van der Waals surface area contributed by atoms with Gasteiger partial charge in [0.05, 0.1) is 25.9 Å². The minimum absolute atomic E-state index is 0.0147. The Balaban J connectivity index is 1.36. The molecule has 0 aliphatic carbocycles. The number of aromatic amines is 1. The molecule has 0 saturated carbocycles. The quantitative estimate of drug-likeness (QED) is 0.620. The first-order chi connectivity index (χ1) is 15.5. The molecule has 2 amide bonds. The zero-order chi connectivity index (χ0) is 22.7. The van der Waals surface area contributed by atoms with E-state index in [4.69, 9.17) is 9.47 Å². The summed E-state index contributed by atoms with van der Waals surface area (Å²) in [6.07, 6.45) is 0. The largest absolute Gasteiger partial charge is 0.497 e. The number of carbonyl (C=O) groups is 2. The zero-order valence-corrected chi connectivity index (χ0v) is 18.6. The number of aromatic nitrogens is 1. The van der Waals surface area contributed by atoms with Crippen LogP contribution in [0.4, 0.5) is 5.69 Å². The lowest BCUT2D eigenvalue weighted by molar-refractivity contribution is -0.121. The van der Waals surface area contributed by atoms with E-state index < -0.39 is 0 Å². The molecule has 4 rings (SSSR count). The summed E-state index contributed by atoms with van der Waals surface area (Å²) in [5, 5.41) is 3.96. The van der Waals surface area contributed by atoms with Gasteiger partial charge in [-0.3, -0.25) is 14.5 Å². The van der Waals surface area contributed by atoms with Crippen molar-refractivity contribution in [3.63, 3.8) is 0 Å². The smallest absolute Gasteiger partial charge is 0.270 e. The summed E-state index contributed by atoms with van der Waals surface area (Å²) in [5.74, 6) is 1.06. The fraction of sp³-hybridized carbons (Fsp3) is 0.333. The maximum atomic E-state index is 12.9. The number of fused-ring (bicyclic) bond motifs is 1. The Morgan fingerprint density at radius 1 is 1.00 bits per heavy atom. The van der Waals surface area contributed by atoms with Crippen molar-refractivity contribution >= 4 is 28.4 Å². The molecule has 1 aliphatic rings. The van der Waals surface area contributed by atoms with Crippen LogP contribution >= 0.6 is 0 Å². The second kappa shape index (κ2) is 9.32. The van der Waals surface area contributed by atoms with E-state index in [1.54, 1.807) is 32.4 Å². The van der Waals surface area contributed by atoms with E-state index in [1.165, 1.54) is 0 Å². The number of nitrogens with one attached hydrogen (secondary N) is 2. The van der Waals surface area contributed by atoms with Crippen molar-refractivity contribution in [1.82, 2.24) is 14.8 Å². The van der Waals surface area contributed by atoms with Crippen molar-refractivity contribution in [2.24, 2.45) is 0 Å². The van der Waals surface area contributed by atoms with Crippen LogP contribution in [0, 0.1) is 0 Å². The van der Waals surface area contributed by atoms with Crippen molar-refractivity contribution in [1.29, 1.82) is 0 Å². The summed E-state index contributed by atoms with van der Waals surface area (Å²) in [5.41, 5.74) is 2.11. The van der Waals surface area contributed by atoms with Gasteiger partial charge >= 0.3 is 0 Å². The lowest BCUT2D eigenvalue weighted by atomic mass is 10.2. The summed E-state index contributed by atoms with van der Waals surface area (Å²) in [6.45, 7) is 4.24. The third kappa shape index (κ3) is 4.40. The van der Waals surface area contributed by atoms with Gasteiger partial charge in [-0.1, -0.05) is 18.2 Å². The van der Waals surface area contributed by atoms with Crippen LogP contribution in [0.1, 0.15) is 17.4 Å². The summed E-state index contributed by atoms with van der Waals surface area (Å²) in [6, 6.07) is 14.7. The van der Waals surface area contributed by atoms with E-state index in [-0.39, 0.29) is 17.9 Å². The fourth-order valence-electron chi connectivity index (χ4n) is 3.99. The third-order valence-corrected chi connectivity index (χ3v) is 5.95. The minimum atomic E-state index is -0.351. The van der Waals surface area contributed by atoms with Crippen molar-refractivity contribution in [2.45, 2.75) is 13.0 Å². The van der Waals surface area contributed by atoms with E-state index in [1.807, 2.05) is 42.2 Å².